The number of ether oxygens (including phenoxy) is 3. The van der Waals surface area contributed by atoms with E-state index in [0.29, 0.717) is 0 Å². The molecular formula is C10H15BrO6. The minimum Gasteiger partial charge on any atom is -0.466 e. The normalized spacial score (nSPS) is 11.5. The van der Waals surface area contributed by atoms with Crippen molar-refractivity contribution in [3.05, 3.63) is 0 Å². The van der Waals surface area contributed by atoms with E-state index in [1.807, 2.05) is 0 Å². The Kier molecular flexibility index (Phi) is 8.39. The van der Waals surface area contributed by atoms with Crippen LogP contribution in [0.4, 0.5) is 0 Å². The second-order valence-electron chi connectivity index (χ2n) is 2.87. The summed E-state index contributed by atoms with van der Waals surface area (Å²) in [6.07, 6.45) is -1.59. The van der Waals surface area contributed by atoms with Crippen LogP contribution in [-0.2, 0) is 28.6 Å². The molecule has 0 amide bonds. The van der Waals surface area contributed by atoms with Crippen LogP contribution < -0.4 is 0 Å². The lowest BCUT2D eigenvalue weighted by Crippen LogP contribution is -2.32. The van der Waals surface area contributed by atoms with E-state index < -0.39 is 24.0 Å². The number of hydrogen-bond donors (Lipinski definition) is 0. The quantitative estimate of drug-likeness (QED) is 0.393. The molecule has 0 aliphatic heterocycles. The summed E-state index contributed by atoms with van der Waals surface area (Å²) in [6, 6.07) is 0. The van der Waals surface area contributed by atoms with Gasteiger partial charge in [-0.3, -0.25) is 9.59 Å². The third-order valence-corrected chi connectivity index (χ3v) is 2.05. The van der Waals surface area contributed by atoms with Crippen molar-refractivity contribution in [1.29, 1.82) is 0 Å². The Hall–Kier alpha value is -1.11. The van der Waals surface area contributed by atoms with Crippen molar-refractivity contribution in [2.75, 3.05) is 18.5 Å². The lowest BCUT2D eigenvalue weighted by molar-refractivity contribution is -0.170. The maximum absolute atomic E-state index is 11.4. The van der Waals surface area contributed by atoms with Gasteiger partial charge in [0.1, 0.15) is 5.33 Å². The second kappa shape index (κ2) is 8.98. The van der Waals surface area contributed by atoms with Gasteiger partial charge in [0, 0.05) is 0 Å². The first-order chi connectivity index (χ1) is 8.04. The first-order valence-corrected chi connectivity index (χ1v) is 6.24. The van der Waals surface area contributed by atoms with Crippen molar-refractivity contribution in [3.63, 3.8) is 0 Å². The average molecular weight is 311 g/mol. The van der Waals surface area contributed by atoms with Crippen LogP contribution in [0.25, 0.3) is 0 Å². The molecule has 0 saturated carbocycles. The third-order valence-electron chi connectivity index (χ3n) is 1.59. The van der Waals surface area contributed by atoms with Crippen LogP contribution in [0.15, 0.2) is 0 Å². The van der Waals surface area contributed by atoms with Crippen LogP contribution in [-0.4, -0.2) is 42.6 Å². The number of esters is 3. The van der Waals surface area contributed by atoms with Gasteiger partial charge in [0.2, 0.25) is 6.10 Å². The zero-order chi connectivity index (χ0) is 13.3. The molecule has 1 atom stereocenters. The van der Waals surface area contributed by atoms with E-state index >= 15 is 0 Å². The molecule has 7 heteroatoms. The number of rotatable bonds is 7. The van der Waals surface area contributed by atoms with Gasteiger partial charge in [-0.2, -0.15) is 0 Å². The second-order valence-corrected chi connectivity index (χ2v) is 3.43. The van der Waals surface area contributed by atoms with E-state index in [0.717, 1.165) is 0 Å². The average Bonchev–Trinajstić information content (AvgIpc) is 2.28. The van der Waals surface area contributed by atoms with Gasteiger partial charge in [-0.15, -0.1) is 0 Å². The number of halogens is 1. The maximum atomic E-state index is 11.4. The zero-order valence-electron chi connectivity index (χ0n) is 9.73. The number of carbonyl (C=O) groups excluding carboxylic acids is 3. The summed E-state index contributed by atoms with van der Waals surface area (Å²) in [4.78, 5) is 33.7. The summed E-state index contributed by atoms with van der Waals surface area (Å²) >= 11 is 2.89. The van der Waals surface area contributed by atoms with E-state index in [9.17, 15) is 14.4 Å². The lowest BCUT2D eigenvalue weighted by Gasteiger charge is -2.14. The monoisotopic (exact) mass is 310 g/mol. The van der Waals surface area contributed by atoms with Gasteiger partial charge in [0.25, 0.3) is 0 Å². The SMILES string of the molecule is CCOC(=O)C[C@@H](OC(=O)CBr)C(=O)OCC. The molecule has 17 heavy (non-hydrogen) atoms. The molecule has 0 fully saturated rings. The molecule has 0 saturated heterocycles. The Labute approximate surface area is 108 Å². The van der Waals surface area contributed by atoms with Gasteiger partial charge in [-0.25, -0.2) is 4.79 Å². The van der Waals surface area contributed by atoms with Gasteiger partial charge in [-0.1, -0.05) is 15.9 Å². The van der Waals surface area contributed by atoms with E-state index in [-0.39, 0.29) is 25.0 Å². The molecule has 0 aromatic carbocycles. The standard InChI is InChI=1S/C10H15BrO6/c1-3-15-8(12)5-7(10(14)16-4-2)17-9(13)6-11/h7H,3-6H2,1-2H3/t7-/m1/s1. The molecular weight excluding hydrogens is 296 g/mol. The fourth-order valence-electron chi connectivity index (χ4n) is 0.970. The topological polar surface area (TPSA) is 78.9 Å². The van der Waals surface area contributed by atoms with Gasteiger partial charge in [0.05, 0.1) is 19.6 Å². The fraction of sp³-hybridized carbons (Fsp3) is 0.700. The molecule has 0 radical (unpaired) electrons. The maximum Gasteiger partial charge on any atom is 0.348 e. The number of hydrogen-bond acceptors (Lipinski definition) is 6. The summed E-state index contributed by atoms with van der Waals surface area (Å²) in [5.74, 6) is -2.02. The van der Waals surface area contributed by atoms with E-state index in [2.05, 4.69) is 25.4 Å². The summed E-state index contributed by atoms with van der Waals surface area (Å²) in [5.41, 5.74) is 0. The van der Waals surface area contributed by atoms with Crippen molar-refractivity contribution >= 4 is 33.8 Å². The van der Waals surface area contributed by atoms with Gasteiger partial charge in [0.15, 0.2) is 0 Å². The molecule has 0 rings (SSSR count). The molecule has 6 nitrogen and oxygen atoms in total. The number of carbonyl (C=O) groups is 3. The lowest BCUT2D eigenvalue weighted by atomic mass is 10.2. The van der Waals surface area contributed by atoms with Crippen molar-refractivity contribution in [3.8, 4) is 0 Å². The van der Waals surface area contributed by atoms with E-state index in [1.54, 1.807) is 13.8 Å². The zero-order valence-corrected chi connectivity index (χ0v) is 11.3. The van der Waals surface area contributed by atoms with Crippen LogP contribution in [0.5, 0.6) is 0 Å². The van der Waals surface area contributed by atoms with Crippen molar-refractivity contribution in [2.24, 2.45) is 0 Å². The van der Waals surface area contributed by atoms with Crippen LogP contribution in [0.1, 0.15) is 20.3 Å². The Morgan fingerprint density at radius 1 is 1.06 bits per heavy atom. The van der Waals surface area contributed by atoms with Gasteiger partial charge in [-0.05, 0) is 13.8 Å². The van der Waals surface area contributed by atoms with Crippen molar-refractivity contribution in [1.82, 2.24) is 0 Å². The summed E-state index contributed by atoms with van der Waals surface area (Å²) in [6.45, 7) is 3.60. The number of alkyl halides is 1. The Morgan fingerprint density at radius 3 is 2.12 bits per heavy atom. The fourth-order valence-corrected chi connectivity index (χ4v) is 1.10. The predicted octanol–water partition coefficient (Wildman–Crippen LogP) is 0.809. The highest BCUT2D eigenvalue weighted by molar-refractivity contribution is 9.09. The molecule has 0 N–H and O–H groups in total. The minimum absolute atomic E-state index is 0.0638. The van der Waals surface area contributed by atoms with Crippen LogP contribution >= 0.6 is 15.9 Å². The Morgan fingerprint density at radius 2 is 1.65 bits per heavy atom. The molecule has 0 aliphatic rings. The van der Waals surface area contributed by atoms with Gasteiger partial charge >= 0.3 is 17.9 Å². The smallest absolute Gasteiger partial charge is 0.348 e. The van der Waals surface area contributed by atoms with E-state index in [1.165, 1.54) is 0 Å². The molecule has 0 bridgehead atoms. The van der Waals surface area contributed by atoms with Gasteiger partial charge < -0.3 is 14.2 Å². The summed E-state index contributed by atoms with van der Waals surface area (Å²) in [5, 5.41) is -0.0638. The molecule has 0 unspecified atom stereocenters. The minimum atomic E-state index is -1.25. The summed E-state index contributed by atoms with van der Waals surface area (Å²) < 4.78 is 14.1. The molecule has 0 heterocycles. The summed E-state index contributed by atoms with van der Waals surface area (Å²) in [7, 11) is 0. The van der Waals surface area contributed by atoms with Crippen molar-refractivity contribution in [2.45, 2.75) is 26.4 Å². The van der Waals surface area contributed by atoms with Crippen LogP contribution in [0, 0.1) is 0 Å². The first-order valence-electron chi connectivity index (χ1n) is 5.12. The third kappa shape index (κ3) is 6.93. The van der Waals surface area contributed by atoms with E-state index in [4.69, 9.17) is 4.74 Å². The molecule has 0 aromatic heterocycles. The van der Waals surface area contributed by atoms with Crippen LogP contribution in [0.3, 0.4) is 0 Å². The Bertz CT molecular complexity index is 278. The Balaban J connectivity index is 4.44. The molecule has 0 aromatic rings. The molecule has 0 spiro atoms. The largest absolute Gasteiger partial charge is 0.466 e. The van der Waals surface area contributed by atoms with Crippen molar-refractivity contribution < 1.29 is 28.6 Å². The first kappa shape index (κ1) is 15.9. The highest BCUT2D eigenvalue weighted by Gasteiger charge is 2.27. The van der Waals surface area contributed by atoms with Crippen LogP contribution in [0.2, 0.25) is 0 Å². The molecule has 0 aliphatic carbocycles. The predicted molar refractivity (Wildman–Crippen MR) is 61.6 cm³/mol. The molecule has 98 valence electrons. The highest BCUT2D eigenvalue weighted by Crippen LogP contribution is 2.05. The highest BCUT2D eigenvalue weighted by atomic mass is 79.9.